The lowest BCUT2D eigenvalue weighted by Crippen LogP contribution is -2.31. The minimum absolute atomic E-state index is 0.101. The van der Waals surface area contributed by atoms with E-state index in [4.69, 9.17) is 9.47 Å². The lowest BCUT2D eigenvalue weighted by molar-refractivity contribution is 0.184. The van der Waals surface area contributed by atoms with Gasteiger partial charge in [0.1, 0.15) is 11.9 Å². The summed E-state index contributed by atoms with van der Waals surface area (Å²) in [5.74, 6) is 0.879. The molecule has 1 atom stereocenters. The summed E-state index contributed by atoms with van der Waals surface area (Å²) in [5.41, 5.74) is 0. The van der Waals surface area contributed by atoms with Crippen molar-refractivity contribution in [3.8, 4) is 5.75 Å². The number of benzene rings is 2. The summed E-state index contributed by atoms with van der Waals surface area (Å²) in [7, 11) is 1.70. The highest BCUT2D eigenvalue weighted by Gasteiger charge is 2.09. The average Bonchev–Trinajstić information content (AvgIpc) is 2.47. The fraction of sp³-hybridized carbons (Fsp3) is 0.375. The van der Waals surface area contributed by atoms with Crippen LogP contribution in [0.1, 0.15) is 6.92 Å². The zero-order valence-corrected chi connectivity index (χ0v) is 13.4. The maximum absolute atomic E-state index is 5.98. The number of ether oxygens (including phenoxy) is 2. The zero-order chi connectivity index (χ0) is 14.4. The normalized spacial score (nSPS) is 12.6. The van der Waals surface area contributed by atoms with E-state index >= 15 is 0 Å². The molecule has 0 radical (unpaired) electrons. The van der Waals surface area contributed by atoms with Crippen molar-refractivity contribution in [3.63, 3.8) is 0 Å². The Hall–Kier alpha value is -1.10. The molecular weight excluding hydrogens is 318 g/mol. The van der Waals surface area contributed by atoms with Gasteiger partial charge in [-0.2, -0.15) is 0 Å². The summed E-state index contributed by atoms with van der Waals surface area (Å²) >= 11 is 3.64. The summed E-state index contributed by atoms with van der Waals surface area (Å²) in [6.07, 6.45) is 0.101. The van der Waals surface area contributed by atoms with Crippen LogP contribution in [-0.4, -0.2) is 32.9 Å². The first-order chi connectivity index (χ1) is 9.72. The molecule has 0 bridgehead atoms. The summed E-state index contributed by atoms with van der Waals surface area (Å²) < 4.78 is 12.0. The van der Waals surface area contributed by atoms with Crippen LogP contribution in [0.5, 0.6) is 5.75 Å². The summed E-state index contributed by atoms with van der Waals surface area (Å²) in [4.78, 5) is 0. The van der Waals surface area contributed by atoms with Gasteiger partial charge in [-0.1, -0.05) is 30.3 Å². The predicted octanol–water partition coefficient (Wildman–Crippen LogP) is 3.61. The van der Waals surface area contributed by atoms with E-state index in [-0.39, 0.29) is 6.10 Å². The van der Waals surface area contributed by atoms with Crippen molar-refractivity contribution in [2.75, 3.05) is 26.8 Å². The maximum Gasteiger partial charge on any atom is 0.134 e. The van der Waals surface area contributed by atoms with Crippen LogP contribution in [0, 0.1) is 0 Å². The molecular formula is C16H20BrNO2. The molecule has 2 aromatic carbocycles. The van der Waals surface area contributed by atoms with Crippen LogP contribution in [0.2, 0.25) is 0 Å². The van der Waals surface area contributed by atoms with E-state index in [1.165, 1.54) is 10.8 Å². The van der Waals surface area contributed by atoms with Gasteiger partial charge in [-0.05, 0) is 39.7 Å². The molecule has 0 saturated carbocycles. The summed E-state index contributed by atoms with van der Waals surface area (Å²) in [6, 6.07) is 12.4. The molecule has 1 unspecified atom stereocenters. The SMILES string of the molecule is COCCNCC(C)Oc1ccc2ccccc2c1Br. The standard InChI is InChI=1S/C16H20BrNO2/c1-12(11-18-9-10-19-2)20-15-8-7-13-5-3-4-6-14(13)16(15)17/h3-8,12,18H,9-11H2,1-2H3. The fourth-order valence-corrected chi connectivity index (χ4v) is 2.63. The number of methoxy groups -OCH3 is 1. The highest BCUT2D eigenvalue weighted by Crippen LogP contribution is 2.33. The third-order valence-electron chi connectivity index (χ3n) is 3.07. The molecule has 0 amide bonds. The van der Waals surface area contributed by atoms with Crippen molar-refractivity contribution in [2.24, 2.45) is 0 Å². The number of nitrogens with one attached hydrogen (secondary N) is 1. The Bertz CT molecular complexity index is 559. The van der Waals surface area contributed by atoms with Gasteiger partial charge in [0, 0.05) is 20.2 Å². The Morgan fingerprint density at radius 3 is 2.80 bits per heavy atom. The average molecular weight is 338 g/mol. The highest BCUT2D eigenvalue weighted by molar-refractivity contribution is 9.10. The summed E-state index contributed by atoms with van der Waals surface area (Å²) in [6.45, 7) is 4.40. The van der Waals surface area contributed by atoms with Gasteiger partial charge >= 0.3 is 0 Å². The molecule has 4 heteroatoms. The van der Waals surface area contributed by atoms with Crippen molar-refractivity contribution >= 4 is 26.7 Å². The third-order valence-corrected chi connectivity index (χ3v) is 3.89. The van der Waals surface area contributed by atoms with Gasteiger partial charge < -0.3 is 14.8 Å². The van der Waals surface area contributed by atoms with Crippen molar-refractivity contribution in [2.45, 2.75) is 13.0 Å². The van der Waals surface area contributed by atoms with Crippen molar-refractivity contribution in [3.05, 3.63) is 40.9 Å². The molecule has 108 valence electrons. The van der Waals surface area contributed by atoms with Crippen LogP contribution in [0.25, 0.3) is 10.8 Å². The Morgan fingerprint density at radius 1 is 1.20 bits per heavy atom. The van der Waals surface area contributed by atoms with Crippen LogP contribution in [0.3, 0.4) is 0 Å². The van der Waals surface area contributed by atoms with E-state index in [0.29, 0.717) is 6.61 Å². The van der Waals surface area contributed by atoms with Gasteiger partial charge in [-0.25, -0.2) is 0 Å². The van der Waals surface area contributed by atoms with Gasteiger partial charge in [0.15, 0.2) is 0 Å². The minimum atomic E-state index is 0.101. The molecule has 20 heavy (non-hydrogen) atoms. The van der Waals surface area contributed by atoms with Crippen LogP contribution in [0.4, 0.5) is 0 Å². The molecule has 0 aliphatic rings. The van der Waals surface area contributed by atoms with E-state index in [1.54, 1.807) is 7.11 Å². The smallest absolute Gasteiger partial charge is 0.134 e. The highest BCUT2D eigenvalue weighted by atomic mass is 79.9. The van der Waals surface area contributed by atoms with Crippen LogP contribution >= 0.6 is 15.9 Å². The number of rotatable bonds is 7. The Balaban J connectivity index is 2.00. The lowest BCUT2D eigenvalue weighted by atomic mass is 10.1. The minimum Gasteiger partial charge on any atom is -0.488 e. The molecule has 0 heterocycles. The molecule has 0 aromatic heterocycles. The molecule has 0 fully saturated rings. The fourth-order valence-electron chi connectivity index (χ4n) is 2.04. The van der Waals surface area contributed by atoms with Gasteiger partial charge in [0.25, 0.3) is 0 Å². The van der Waals surface area contributed by atoms with Gasteiger partial charge in [0.05, 0.1) is 11.1 Å². The van der Waals surface area contributed by atoms with Crippen molar-refractivity contribution in [1.82, 2.24) is 5.32 Å². The molecule has 0 aliphatic carbocycles. The van der Waals surface area contributed by atoms with Gasteiger partial charge in [-0.15, -0.1) is 0 Å². The van der Waals surface area contributed by atoms with E-state index in [9.17, 15) is 0 Å². The van der Waals surface area contributed by atoms with Crippen LogP contribution < -0.4 is 10.1 Å². The number of hydrogen-bond acceptors (Lipinski definition) is 3. The third kappa shape index (κ3) is 3.95. The first-order valence-electron chi connectivity index (χ1n) is 6.76. The van der Waals surface area contributed by atoms with E-state index in [0.717, 1.165) is 23.3 Å². The maximum atomic E-state index is 5.98. The molecule has 2 aromatic rings. The molecule has 0 aliphatic heterocycles. The Morgan fingerprint density at radius 2 is 2.00 bits per heavy atom. The van der Waals surface area contributed by atoms with Crippen molar-refractivity contribution < 1.29 is 9.47 Å². The topological polar surface area (TPSA) is 30.5 Å². The number of fused-ring (bicyclic) bond motifs is 1. The summed E-state index contributed by atoms with van der Waals surface area (Å²) in [5, 5.41) is 5.67. The Kier molecular flexibility index (Phi) is 5.83. The van der Waals surface area contributed by atoms with Crippen LogP contribution in [0.15, 0.2) is 40.9 Å². The molecule has 1 N–H and O–H groups in total. The second kappa shape index (κ2) is 7.62. The molecule has 3 nitrogen and oxygen atoms in total. The predicted molar refractivity (Wildman–Crippen MR) is 86.5 cm³/mol. The van der Waals surface area contributed by atoms with E-state index in [2.05, 4.69) is 46.4 Å². The van der Waals surface area contributed by atoms with Crippen LogP contribution in [-0.2, 0) is 4.74 Å². The quantitative estimate of drug-likeness (QED) is 0.783. The first kappa shape index (κ1) is 15.3. The van der Waals surface area contributed by atoms with E-state index in [1.807, 2.05) is 18.2 Å². The molecule has 2 rings (SSSR count). The van der Waals surface area contributed by atoms with Gasteiger partial charge in [0.2, 0.25) is 0 Å². The lowest BCUT2D eigenvalue weighted by Gasteiger charge is -2.17. The molecule has 0 spiro atoms. The van der Waals surface area contributed by atoms with Gasteiger partial charge in [-0.3, -0.25) is 0 Å². The molecule has 0 saturated heterocycles. The zero-order valence-electron chi connectivity index (χ0n) is 11.9. The first-order valence-corrected chi connectivity index (χ1v) is 7.55. The van der Waals surface area contributed by atoms with E-state index < -0.39 is 0 Å². The monoisotopic (exact) mass is 337 g/mol. The number of halogens is 1. The second-order valence-electron chi connectivity index (χ2n) is 4.72. The largest absolute Gasteiger partial charge is 0.488 e. The Labute approximate surface area is 128 Å². The number of hydrogen-bond donors (Lipinski definition) is 1. The van der Waals surface area contributed by atoms with Crippen molar-refractivity contribution in [1.29, 1.82) is 0 Å². The second-order valence-corrected chi connectivity index (χ2v) is 5.52.